The Hall–Kier alpha value is -1.46. The molecule has 0 aliphatic carbocycles. The van der Waals surface area contributed by atoms with Crippen molar-refractivity contribution in [2.24, 2.45) is 5.73 Å². The van der Waals surface area contributed by atoms with Gasteiger partial charge in [0.1, 0.15) is 11.6 Å². The zero-order valence-electron chi connectivity index (χ0n) is 11.0. The number of rotatable bonds is 4. The van der Waals surface area contributed by atoms with Crippen molar-refractivity contribution >= 4 is 21.6 Å². The molecule has 106 valence electrons. The van der Waals surface area contributed by atoms with Crippen LogP contribution in [0.15, 0.2) is 46.9 Å². The minimum absolute atomic E-state index is 0.233. The van der Waals surface area contributed by atoms with E-state index in [4.69, 9.17) is 5.73 Å². The van der Waals surface area contributed by atoms with Crippen molar-refractivity contribution in [3.8, 4) is 0 Å². The lowest BCUT2D eigenvalue weighted by molar-refractivity contribution is 0.599. The number of anilines is 1. The van der Waals surface area contributed by atoms with E-state index in [0.717, 1.165) is 5.56 Å². The van der Waals surface area contributed by atoms with Crippen LogP contribution in [0.3, 0.4) is 0 Å². The number of halogens is 3. The highest BCUT2D eigenvalue weighted by Gasteiger charge is 2.19. The Labute approximate surface area is 125 Å². The molecule has 1 atom stereocenters. The van der Waals surface area contributed by atoms with E-state index in [0.29, 0.717) is 16.7 Å². The molecule has 0 fully saturated rings. The molecule has 0 spiro atoms. The third kappa shape index (κ3) is 2.99. The fourth-order valence-electron chi connectivity index (χ4n) is 2.14. The quantitative estimate of drug-likeness (QED) is 0.915. The summed E-state index contributed by atoms with van der Waals surface area (Å²) in [5.41, 5.74) is 7.10. The van der Waals surface area contributed by atoms with Crippen LogP contribution in [0.25, 0.3) is 0 Å². The molecule has 2 aromatic rings. The van der Waals surface area contributed by atoms with Gasteiger partial charge in [0.2, 0.25) is 0 Å². The number of nitrogens with two attached hydrogens (primary N) is 1. The molecular weight excluding hydrogens is 326 g/mol. The Morgan fingerprint density at radius 3 is 2.45 bits per heavy atom. The lowest BCUT2D eigenvalue weighted by atomic mass is 10.0. The van der Waals surface area contributed by atoms with Gasteiger partial charge in [-0.2, -0.15) is 0 Å². The van der Waals surface area contributed by atoms with Crippen LogP contribution in [0.5, 0.6) is 0 Å². The summed E-state index contributed by atoms with van der Waals surface area (Å²) in [5.74, 6) is -0.646. The van der Waals surface area contributed by atoms with E-state index in [-0.39, 0.29) is 17.7 Å². The second-order valence-corrected chi connectivity index (χ2v) is 5.34. The van der Waals surface area contributed by atoms with E-state index in [1.807, 2.05) is 0 Å². The van der Waals surface area contributed by atoms with Crippen molar-refractivity contribution in [2.75, 3.05) is 18.5 Å². The SMILES string of the molecule is CN(c1ccccc1F)C(CN)c1ccc(F)c(Br)c1. The maximum atomic E-state index is 13.8. The van der Waals surface area contributed by atoms with E-state index < -0.39 is 0 Å². The zero-order chi connectivity index (χ0) is 14.7. The first-order valence-corrected chi connectivity index (χ1v) is 6.96. The van der Waals surface area contributed by atoms with Gasteiger partial charge in [0, 0.05) is 13.6 Å². The summed E-state index contributed by atoms with van der Waals surface area (Å²) < 4.78 is 27.5. The smallest absolute Gasteiger partial charge is 0.146 e. The van der Waals surface area contributed by atoms with Gasteiger partial charge in [0.15, 0.2) is 0 Å². The Kier molecular flexibility index (Phi) is 4.73. The number of likely N-dealkylation sites (N-methyl/N-ethyl adjacent to an activating group) is 1. The van der Waals surface area contributed by atoms with Gasteiger partial charge in [-0.05, 0) is 45.8 Å². The van der Waals surface area contributed by atoms with Crippen molar-refractivity contribution < 1.29 is 8.78 Å². The van der Waals surface area contributed by atoms with Gasteiger partial charge in [-0.15, -0.1) is 0 Å². The first kappa shape index (κ1) is 14.9. The average molecular weight is 341 g/mol. The highest BCUT2D eigenvalue weighted by Crippen LogP contribution is 2.29. The maximum Gasteiger partial charge on any atom is 0.146 e. The van der Waals surface area contributed by atoms with Crippen molar-refractivity contribution in [1.29, 1.82) is 0 Å². The molecule has 0 aliphatic rings. The van der Waals surface area contributed by atoms with Gasteiger partial charge in [-0.3, -0.25) is 0 Å². The van der Waals surface area contributed by atoms with Gasteiger partial charge < -0.3 is 10.6 Å². The Bertz CT molecular complexity index is 604. The fourth-order valence-corrected chi connectivity index (χ4v) is 2.54. The first-order valence-electron chi connectivity index (χ1n) is 6.17. The van der Waals surface area contributed by atoms with Crippen LogP contribution in [-0.2, 0) is 0 Å². The molecule has 0 aromatic heterocycles. The van der Waals surface area contributed by atoms with Crippen molar-refractivity contribution in [3.63, 3.8) is 0 Å². The van der Waals surface area contributed by atoms with Crippen molar-refractivity contribution in [3.05, 3.63) is 64.1 Å². The molecule has 0 amide bonds. The summed E-state index contributed by atoms with van der Waals surface area (Å²) in [6, 6.07) is 11.0. The highest BCUT2D eigenvalue weighted by molar-refractivity contribution is 9.10. The van der Waals surface area contributed by atoms with Gasteiger partial charge in [0.05, 0.1) is 16.2 Å². The molecule has 0 bridgehead atoms. The predicted octanol–water partition coefficient (Wildman–Crippen LogP) is 3.86. The lowest BCUT2D eigenvalue weighted by Crippen LogP contribution is -2.31. The second-order valence-electron chi connectivity index (χ2n) is 4.49. The van der Waals surface area contributed by atoms with Crippen LogP contribution in [-0.4, -0.2) is 13.6 Å². The molecular formula is C15H15BrF2N2. The summed E-state index contributed by atoms with van der Waals surface area (Å²) in [6.07, 6.45) is 0. The Morgan fingerprint density at radius 2 is 1.85 bits per heavy atom. The molecule has 2 rings (SSSR count). The summed E-state index contributed by atoms with van der Waals surface area (Å²) >= 11 is 3.15. The van der Waals surface area contributed by atoms with Gasteiger partial charge >= 0.3 is 0 Å². The van der Waals surface area contributed by atoms with E-state index in [1.165, 1.54) is 12.1 Å². The maximum absolute atomic E-state index is 13.8. The largest absolute Gasteiger partial charge is 0.364 e. The van der Waals surface area contributed by atoms with Crippen LogP contribution in [0.4, 0.5) is 14.5 Å². The van der Waals surface area contributed by atoms with Gasteiger partial charge in [0.25, 0.3) is 0 Å². The minimum Gasteiger partial charge on any atom is -0.364 e. The molecule has 2 N–H and O–H groups in total. The third-order valence-electron chi connectivity index (χ3n) is 3.25. The van der Waals surface area contributed by atoms with Crippen LogP contribution in [0.1, 0.15) is 11.6 Å². The topological polar surface area (TPSA) is 29.3 Å². The molecule has 0 heterocycles. The third-order valence-corrected chi connectivity index (χ3v) is 3.86. The highest BCUT2D eigenvalue weighted by atomic mass is 79.9. The molecule has 20 heavy (non-hydrogen) atoms. The Morgan fingerprint density at radius 1 is 1.15 bits per heavy atom. The standard InChI is InChI=1S/C15H15BrF2N2/c1-20(14-5-3-2-4-13(14)18)15(9-19)10-6-7-12(17)11(16)8-10/h2-8,15H,9,19H2,1H3. The second kappa shape index (κ2) is 6.33. The van der Waals surface area contributed by atoms with Crippen LogP contribution in [0.2, 0.25) is 0 Å². The monoisotopic (exact) mass is 340 g/mol. The molecule has 0 aliphatic heterocycles. The summed E-state index contributed by atoms with van der Waals surface area (Å²) in [7, 11) is 1.77. The van der Waals surface area contributed by atoms with Crippen molar-refractivity contribution in [2.45, 2.75) is 6.04 Å². The zero-order valence-corrected chi connectivity index (χ0v) is 12.6. The van der Waals surface area contributed by atoms with Crippen LogP contribution < -0.4 is 10.6 Å². The minimum atomic E-state index is -0.335. The number of benzene rings is 2. The number of hydrogen-bond donors (Lipinski definition) is 1. The first-order chi connectivity index (χ1) is 9.54. The summed E-state index contributed by atoms with van der Waals surface area (Å²) in [4.78, 5) is 1.76. The molecule has 1 unspecified atom stereocenters. The molecule has 2 aromatic carbocycles. The van der Waals surface area contributed by atoms with E-state index in [1.54, 1.807) is 42.3 Å². The summed E-state index contributed by atoms with van der Waals surface area (Å²) in [6.45, 7) is 0.295. The van der Waals surface area contributed by atoms with Gasteiger partial charge in [-0.1, -0.05) is 18.2 Å². The van der Waals surface area contributed by atoms with Crippen LogP contribution in [0, 0.1) is 11.6 Å². The molecule has 2 nitrogen and oxygen atoms in total. The molecule has 0 radical (unpaired) electrons. The fraction of sp³-hybridized carbons (Fsp3) is 0.200. The van der Waals surface area contributed by atoms with E-state index >= 15 is 0 Å². The Balaban J connectivity index is 2.36. The van der Waals surface area contributed by atoms with Crippen LogP contribution >= 0.6 is 15.9 Å². The van der Waals surface area contributed by atoms with Gasteiger partial charge in [-0.25, -0.2) is 8.78 Å². The predicted molar refractivity (Wildman–Crippen MR) is 80.7 cm³/mol. The van der Waals surface area contributed by atoms with E-state index in [9.17, 15) is 8.78 Å². The van der Waals surface area contributed by atoms with Crippen molar-refractivity contribution in [1.82, 2.24) is 0 Å². The number of hydrogen-bond acceptors (Lipinski definition) is 2. The normalized spacial score (nSPS) is 12.2. The molecule has 0 saturated heterocycles. The average Bonchev–Trinajstić information content (AvgIpc) is 2.44. The molecule has 0 saturated carbocycles. The molecule has 5 heteroatoms. The number of nitrogens with zero attached hydrogens (tertiary/aromatic N) is 1. The van der Waals surface area contributed by atoms with E-state index in [2.05, 4.69) is 15.9 Å². The summed E-state index contributed by atoms with van der Waals surface area (Å²) in [5, 5.41) is 0. The lowest BCUT2D eigenvalue weighted by Gasteiger charge is -2.30. The number of para-hydroxylation sites is 1.